The standard InChI is InChI=1S/C19H36O4.Na.H/c1-3-4-5-6-7-8-9-10-11-12-13-14-15-16-18(21)23-19(22)17(2)20;;/h17,20H,3-16H2,1-2H3;;/q;+1;-1. The molecule has 0 saturated heterocycles. The van der Waals surface area contributed by atoms with Crippen molar-refractivity contribution in [2.45, 2.75) is 110 Å². The van der Waals surface area contributed by atoms with Crippen molar-refractivity contribution in [3.63, 3.8) is 0 Å². The Morgan fingerprint density at radius 3 is 1.58 bits per heavy atom. The van der Waals surface area contributed by atoms with Crippen molar-refractivity contribution in [2.75, 3.05) is 0 Å². The summed E-state index contributed by atoms with van der Waals surface area (Å²) in [7, 11) is 0. The molecule has 0 aliphatic rings. The van der Waals surface area contributed by atoms with Gasteiger partial charge in [-0.15, -0.1) is 0 Å². The van der Waals surface area contributed by atoms with Crippen LogP contribution in [0.25, 0.3) is 0 Å². The molecule has 0 saturated carbocycles. The monoisotopic (exact) mass is 352 g/mol. The molecule has 1 unspecified atom stereocenters. The van der Waals surface area contributed by atoms with Gasteiger partial charge in [-0.1, -0.05) is 84.0 Å². The Morgan fingerprint density at radius 1 is 0.833 bits per heavy atom. The number of carbonyl (C=O) groups excluding carboxylic acids is 2. The number of hydrogen-bond donors (Lipinski definition) is 1. The first kappa shape index (κ1) is 26.3. The molecule has 0 aliphatic carbocycles. The van der Waals surface area contributed by atoms with Crippen LogP contribution in [0.3, 0.4) is 0 Å². The number of esters is 2. The van der Waals surface area contributed by atoms with Crippen LogP contribution in [0.2, 0.25) is 0 Å². The zero-order valence-electron chi connectivity index (χ0n) is 17.1. The van der Waals surface area contributed by atoms with E-state index in [0.29, 0.717) is 0 Å². The molecule has 24 heavy (non-hydrogen) atoms. The van der Waals surface area contributed by atoms with Gasteiger partial charge in [-0.25, -0.2) is 4.79 Å². The molecule has 4 nitrogen and oxygen atoms in total. The van der Waals surface area contributed by atoms with Crippen LogP contribution in [-0.2, 0) is 14.3 Å². The van der Waals surface area contributed by atoms with Crippen molar-refractivity contribution < 1.29 is 50.4 Å². The van der Waals surface area contributed by atoms with Gasteiger partial charge in [0.05, 0.1) is 0 Å². The molecule has 5 heteroatoms. The van der Waals surface area contributed by atoms with E-state index in [2.05, 4.69) is 11.7 Å². The topological polar surface area (TPSA) is 63.6 Å². The first-order valence-electron chi connectivity index (χ1n) is 9.50. The van der Waals surface area contributed by atoms with E-state index in [1.165, 1.54) is 71.1 Å². The molecule has 0 aromatic rings. The number of unbranched alkanes of at least 4 members (excludes halogenated alkanes) is 12. The van der Waals surface area contributed by atoms with Crippen LogP contribution in [0.1, 0.15) is 105 Å². The Morgan fingerprint density at radius 2 is 1.21 bits per heavy atom. The third-order valence-electron chi connectivity index (χ3n) is 4.04. The maximum Gasteiger partial charge on any atom is 1.00 e. The summed E-state index contributed by atoms with van der Waals surface area (Å²) in [6, 6.07) is 0. The van der Waals surface area contributed by atoms with Gasteiger partial charge in [0.15, 0.2) is 0 Å². The number of carbonyl (C=O) groups is 2. The van der Waals surface area contributed by atoms with Crippen LogP contribution in [0.5, 0.6) is 0 Å². The van der Waals surface area contributed by atoms with E-state index >= 15 is 0 Å². The largest absolute Gasteiger partial charge is 1.00 e. The second-order valence-corrected chi connectivity index (χ2v) is 6.46. The average Bonchev–Trinajstić information content (AvgIpc) is 2.51. The summed E-state index contributed by atoms with van der Waals surface area (Å²) < 4.78 is 4.49. The van der Waals surface area contributed by atoms with E-state index in [-0.39, 0.29) is 37.4 Å². The minimum absolute atomic E-state index is 0. The molecule has 0 heterocycles. The Hall–Kier alpha value is 0.1000. The van der Waals surface area contributed by atoms with Gasteiger partial charge >= 0.3 is 41.5 Å². The van der Waals surface area contributed by atoms with Gasteiger partial charge in [-0.05, 0) is 13.3 Å². The van der Waals surface area contributed by atoms with Crippen LogP contribution in [0.15, 0.2) is 0 Å². The molecule has 0 aliphatic heterocycles. The van der Waals surface area contributed by atoms with E-state index < -0.39 is 18.0 Å². The molecule has 0 aromatic heterocycles. The zero-order valence-corrected chi connectivity index (χ0v) is 18.1. The Balaban J connectivity index is -0.00000242. The minimum atomic E-state index is -1.23. The molecule has 0 spiro atoms. The normalized spacial score (nSPS) is 11.6. The minimum Gasteiger partial charge on any atom is -1.00 e. The van der Waals surface area contributed by atoms with E-state index in [1.807, 2.05) is 0 Å². The van der Waals surface area contributed by atoms with Gasteiger partial charge in [0, 0.05) is 6.42 Å². The summed E-state index contributed by atoms with van der Waals surface area (Å²) in [5.41, 5.74) is 0. The number of aliphatic hydroxyl groups excluding tert-OH is 1. The summed E-state index contributed by atoms with van der Waals surface area (Å²) in [6.07, 6.45) is 15.3. The molecular weight excluding hydrogens is 315 g/mol. The summed E-state index contributed by atoms with van der Waals surface area (Å²) in [5, 5.41) is 8.93. The number of aliphatic hydroxyl groups is 1. The predicted octanol–water partition coefficient (Wildman–Crippen LogP) is 2.03. The van der Waals surface area contributed by atoms with Gasteiger partial charge in [-0.2, -0.15) is 0 Å². The molecule has 138 valence electrons. The molecule has 0 aromatic carbocycles. The Kier molecular flexibility index (Phi) is 21.3. The maximum atomic E-state index is 11.3. The molecule has 0 fully saturated rings. The van der Waals surface area contributed by atoms with Crippen molar-refractivity contribution in [1.82, 2.24) is 0 Å². The summed E-state index contributed by atoms with van der Waals surface area (Å²) in [6.45, 7) is 3.54. The SMILES string of the molecule is CCCCCCCCCCCCCCCC(=O)OC(=O)C(C)O.[H-].[Na+]. The third-order valence-corrected chi connectivity index (χ3v) is 4.04. The summed E-state index contributed by atoms with van der Waals surface area (Å²) in [4.78, 5) is 22.3. The van der Waals surface area contributed by atoms with Crippen molar-refractivity contribution in [1.29, 1.82) is 0 Å². The van der Waals surface area contributed by atoms with Gasteiger partial charge in [0.25, 0.3) is 0 Å². The molecular formula is C19H37NaO4. The fourth-order valence-corrected chi connectivity index (χ4v) is 2.54. The van der Waals surface area contributed by atoms with Gasteiger partial charge in [0.2, 0.25) is 0 Å². The Bertz CT molecular complexity index is 312. The predicted molar refractivity (Wildman–Crippen MR) is 94.2 cm³/mol. The van der Waals surface area contributed by atoms with Crippen LogP contribution < -0.4 is 29.6 Å². The van der Waals surface area contributed by atoms with Crippen molar-refractivity contribution in [3.05, 3.63) is 0 Å². The number of rotatable bonds is 15. The molecule has 0 bridgehead atoms. The van der Waals surface area contributed by atoms with Crippen LogP contribution >= 0.6 is 0 Å². The summed E-state index contributed by atoms with van der Waals surface area (Å²) in [5.74, 6) is -1.39. The number of ether oxygens (including phenoxy) is 1. The molecule has 0 radical (unpaired) electrons. The van der Waals surface area contributed by atoms with Crippen molar-refractivity contribution >= 4 is 11.9 Å². The molecule has 1 N–H and O–H groups in total. The van der Waals surface area contributed by atoms with E-state index in [0.717, 1.165) is 19.3 Å². The molecule has 1 atom stereocenters. The smallest absolute Gasteiger partial charge is 1.00 e. The Labute approximate surface area is 171 Å². The fourth-order valence-electron chi connectivity index (χ4n) is 2.54. The molecule has 0 rings (SSSR count). The van der Waals surface area contributed by atoms with Crippen LogP contribution in [0, 0.1) is 0 Å². The fraction of sp³-hybridized carbons (Fsp3) is 0.895. The molecule has 0 amide bonds. The third kappa shape index (κ3) is 18.4. The van der Waals surface area contributed by atoms with Gasteiger partial charge < -0.3 is 11.3 Å². The second-order valence-electron chi connectivity index (χ2n) is 6.46. The van der Waals surface area contributed by atoms with E-state index in [1.54, 1.807) is 0 Å². The van der Waals surface area contributed by atoms with E-state index in [4.69, 9.17) is 5.11 Å². The first-order valence-corrected chi connectivity index (χ1v) is 9.50. The average molecular weight is 352 g/mol. The number of hydrogen-bond acceptors (Lipinski definition) is 4. The van der Waals surface area contributed by atoms with Crippen molar-refractivity contribution in [2.24, 2.45) is 0 Å². The van der Waals surface area contributed by atoms with Gasteiger partial charge in [0.1, 0.15) is 6.10 Å². The van der Waals surface area contributed by atoms with Crippen molar-refractivity contribution in [3.8, 4) is 0 Å². The first-order chi connectivity index (χ1) is 11.1. The summed E-state index contributed by atoms with van der Waals surface area (Å²) >= 11 is 0. The van der Waals surface area contributed by atoms with Crippen LogP contribution in [0.4, 0.5) is 0 Å². The van der Waals surface area contributed by atoms with Crippen LogP contribution in [-0.4, -0.2) is 23.1 Å². The maximum absolute atomic E-state index is 11.3. The van der Waals surface area contributed by atoms with Gasteiger partial charge in [-0.3, -0.25) is 4.79 Å². The quantitative estimate of drug-likeness (QED) is 0.212. The van der Waals surface area contributed by atoms with E-state index in [9.17, 15) is 9.59 Å². The second kappa shape index (κ2) is 19.4. The zero-order chi connectivity index (χ0) is 17.3.